The van der Waals surface area contributed by atoms with Gasteiger partial charge in [0.2, 0.25) is 5.91 Å². The molecule has 5 nitrogen and oxygen atoms in total. The summed E-state index contributed by atoms with van der Waals surface area (Å²) >= 11 is 6.11. The number of aryl methyl sites for hydroxylation is 2. The Bertz CT molecular complexity index is 1230. The van der Waals surface area contributed by atoms with Crippen molar-refractivity contribution in [1.82, 2.24) is 5.32 Å². The molecule has 1 aliphatic carbocycles. The summed E-state index contributed by atoms with van der Waals surface area (Å²) in [5.41, 5.74) is 4.05. The summed E-state index contributed by atoms with van der Waals surface area (Å²) in [5.74, 6) is -0.391. The van der Waals surface area contributed by atoms with Crippen molar-refractivity contribution in [3.63, 3.8) is 0 Å². The lowest BCUT2D eigenvalue weighted by atomic mass is 10.0. The van der Waals surface area contributed by atoms with Gasteiger partial charge in [-0.3, -0.25) is 9.10 Å². The zero-order valence-corrected chi connectivity index (χ0v) is 19.4. The van der Waals surface area contributed by atoms with E-state index in [1.807, 2.05) is 13.0 Å². The number of carbonyl (C=O) groups excluding carboxylic acids is 1. The summed E-state index contributed by atoms with van der Waals surface area (Å²) in [6.07, 6.45) is 3.31. The molecule has 4 rings (SSSR count). The van der Waals surface area contributed by atoms with Crippen LogP contribution < -0.4 is 9.62 Å². The van der Waals surface area contributed by atoms with Crippen LogP contribution in [0.4, 0.5) is 5.69 Å². The Balaban J connectivity index is 1.57. The number of nitrogens with one attached hydrogen (secondary N) is 1. The van der Waals surface area contributed by atoms with Crippen LogP contribution in [-0.2, 0) is 27.7 Å². The third kappa shape index (κ3) is 4.81. The number of hydrogen-bond donors (Lipinski definition) is 1. The molecule has 0 radical (unpaired) electrons. The third-order valence-electron chi connectivity index (χ3n) is 5.71. The average Bonchev–Trinajstić information content (AvgIpc) is 3.26. The van der Waals surface area contributed by atoms with E-state index in [4.69, 9.17) is 11.6 Å². The highest BCUT2D eigenvalue weighted by Crippen LogP contribution is 2.27. The number of fused-ring (bicyclic) bond motifs is 1. The van der Waals surface area contributed by atoms with Gasteiger partial charge in [0, 0.05) is 5.02 Å². The largest absolute Gasteiger partial charge is 0.348 e. The second-order valence-corrected chi connectivity index (χ2v) is 10.3. The van der Waals surface area contributed by atoms with Crippen molar-refractivity contribution in [3.05, 3.63) is 94.5 Å². The predicted molar refractivity (Wildman–Crippen MR) is 127 cm³/mol. The lowest BCUT2D eigenvalue weighted by molar-refractivity contribution is -0.120. The molecule has 32 heavy (non-hydrogen) atoms. The first-order valence-electron chi connectivity index (χ1n) is 10.6. The molecule has 1 atom stereocenters. The Morgan fingerprint density at radius 3 is 2.50 bits per heavy atom. The van der Waals surface area contributed by atoms with Gasteiger partial charge in [0.15, 0.2) is 0 Å². The van der Waals surface area contributed by atoms with Crippen molar-refractivity contribution in [2.24, 2.45) is 0 Å². The van der Waals surface area contributed by atoms with E-state index in [1.165, 1.54) is 23.3 Å². The van der Waals surface area contributed by atoms with E-state index in [2.05, 4.69) is 17.4 Å². The Labute approximate surface area is 194 Å². The molecular formula is C25H25ClN2O3S. The number of nitrogens with zero attached hydrogens (tertiary/aromatic N) is 1. The van der Waals surface area contributed by atoms with Crippen LogP contribution in [-0.4, -0.2) is 20.9 Å². The summed E-state index contributed by atoms with van der Waals surface area (Å²) in [5, 5.41) is 3.34. The van der Waals surface area contributed by atoms with Gasteiger partial charge in [-0.05, 0) is 73.2 Å². The van der Waals surface area contributed by atoms with Gasteiger partial charge in [-0.15, -0.1) is 0 Å². The van der Waals surface area contributed by atoms with Gasteiger partial charge in [-0.2, -0.15) is 0 Å². The number of carbonyl (C=O) groups is 1. The first-order valence-corrected chi connectivity index (χ1v) is 12.4. The van der Waals surface area contributed by atoms with E-state index >= 15 is 0 Å². The van der Waals surface area contributed by atoms with Crippen LogP contribution in [0.5, 0.6) is 0 Å². The highest BCUT2D eigenvalue weighted by atomic mass is 35.5. The minimum absolute atomic E-state index is 0.111. The monoisotopic (exact) mass is 468 g/mol. The molecule has 166 valence electrons. The molecule has 0 aromatic heterocycles. The van der Waals surface area contributed by atoms with Crippen LogP contribution in [0.25, 0.3) is 0 Å². The van der Waals surface area contributed by atoms with Crippen molar-refractivity contribution in [1.29, 1.82) is 0 Å². The summed E-state index contributed by atoms with van der Waals surface area (Å²) in [4.78, 5) is 13.1. The molecule has 3 aromatic carbocycles. The summed E-state index contributed by atoms with van der Waals surface area (Å²) in [7, 11) is -3.96. The molecule has 0 aliphatic heterocycles. The highest BCUT2D eigenvalue weighted by Gasteiger charge is 2.28. The molecule has 0 bridgehead atoms. The van der Waals surface area contributed by atoms with Crippen LogP contribution in [0.2, 0.25) is 5.02 Å². The number of anilines is 1. The van der Waals surface area contributed by atoms with Crippen LogP contribution in [0, 0.1) is 0 Å². The van der Waals surface area contributed by atoms with Gasteiger partial charge in [-0.25, -0.2) is 8.42 Å². The molecule has 0 spiro atoms. The molecule has 1 amide bonds. The van der Waals surface area contributed by atoms with E-state index < -0.39 is 15.9 Å². The maximum Gasteiger partial charge on any atom is 0.264 e. The fraction of sp³-hybridized carbons (Fsp3) is 0.240. The van der Waals surface area contributed by atoms with Crippen molar-refractivity contribution >= 4 is 33.2 Å². The highest BCUT2D eigenvalue weighted by molar-refractivity contribution is 7.92. The molecular weight excluding hydrogens is 444 g/mol. The maximum atomic E-state index is 13.4. The molecule has 0 saturated heterocycles. The van der Waals surface area contributed by atoms with Gasteiger partial charge < -0.3 is 5.32 Å². The third-order valence-corrected chi connectivity index (χ3v) is 7.74. The van der Waals surface area contributed by atoms with Crippen LogP contribution >= 0.6 is 11.6 Å². The number of hydrogen-bond acceptors (Lipinski definition) is 3. The van der Waals surface area contributed by atoms with E-state index in [0.717, 1.165) is 29.1 Å². The number of rotatable bonds is 7. The molecule has 7 heteroatoms. The van der Waals surface area contributed by atoms with Crippen molar-refractivity contribution in [3.8, 4) is 0 Å². The minimum Gasteiger partial charge on any atom is -0.348 e. The smallest absolute Gasteiger partial charge is 0.264 e. The maximum absolute atomic E-state index is 13.4. The lowest BCUT2D eigenvalue weighted by Gasteiger charge is -2.25. The first kappa shape index (κ1) is 22.4. The Hall–Kier alpha value is -2.83. The zero-order chi connectivity index (χ0) is 22.7. The summed E-state index contributed by atoms with van der Waals surface area (Å²) in [6.45, 7) is 1.55. The Kier molecular flexibility index (Phi) is 6.53. The number of sulfonamides is 1. The molecule has 3 aromatic rings. The number of amides is 1. The van der Waals surface area contributed by atoms with E-state index in [-0.39, 0.29) is 17.5 Å². The normalized spacial score (nSPS) is 13.9. The van der Waals surface area contributed by atoms with Crippen LogP contribution in [0.15, 0.2) is 77.7 Å². The second-order valence-electron chi connectivity index (χ2n) is 7.98. The van der Waals surface area contributed by atoms with E-state index in [0.29, 0.717) is 10.7 Å². The average molecular weight is 469 g/mol. The summed E-state index contributed by atoms with van der Waals surface area (Å²) < 4.78 is 27.8. The van der Waals surface area contributed by atoms with Gasteiger partial charge in [0.25, 0.3) is 10.0 Å². The first-order chi connectivity index (χ1) is 15.3. The van der Waals surface area contributed by atoms with E-state index in [9.17, 15) is 13.2 Å². The second kappa shape index (κ2) is 9.35. The predicted octanol–water partition coefficient (Wildman–Crippen LogP) is 4.90. The Morgan fingerprint density at radius 2 is 1.75 bits per heavy atom. The standard InChI is InChI=1S/C25H25ClN2O3S/c1-18(20-14-13-19-7-5-8-21(19)15-20)27-25(29)17-28(23-10-6-9-22(26)16-23)32(30,31)24-11-3-2-4-12-24/h2-4,6,9-16,18H,5,7-8,17H2,1H3,(H,27,29)/t18-/m0/s1. The molecule has 0 saturated carbocycles. The van der Waals surface area contributed by atoms with Crippen molar-refractivity contribution in [2.45, 2.75) is 37.1 Å². The summed E-state index contributed by atoms with van der Waals surface area (Å²) in [6, 6.07) is 20.6. The molecule has 0 heterocycles. The molecule has 1 aliphatic rings. The molecule has 0 fully saturated rings. The van der Waals surface area contributed by atoms with Gasteiger partial charge >= 0.3 is 0 Å². The molecule has 0 unspecified atom stereocenters. The number of benzene rings is 3. The fourth-order valence-electron chi connectivity index (χ4n) is 4.03. The quantitative estimate of drug-likeness (QED) is 0.536. The fourth-order valence-corrected chi connectivity index (χ4v) is 5.65. The van der Waals surface area contributed by atoms with Gasteiger partial charge in [-0.1, -0.05) is 54.1 Å². The van der Waals surface area contributed by atoms with E-state index in [1.54, 1.807) is 42.5 Å². The SMILES string of the molecule is C[C@H](NC(=O)CN(c1cccc(Cl)c1)S(=O)(=O)c1ccccc1)c1ccc2c(c1)CCC2. The minimum atomic E-state index is -3.96. The van der Waals surface area contributed by atoms with Crippen LogP contribution in [0.3, 0.4) is 0 Å². The van der Waals surface area contributed by atoms with Gasteiger partial charge in [0.1, 0.15) is 6.54 Å². The topological polar surface area (TPSA) is 66.5 Å². The van der Waals surface area contributed by atoms with Crippen LogP contribution in [0.1, 0.15) is 36.1 Å². The van der Waals surface area contributed by atoms with Crippen molar-refractivity contribution < 1.29 is 13.2 Å². The Morgan fingerprint density at radius 1 is 1.00 bits per heavy atom. The van der Waals surface area contributed by atoms with Crippen molar-refractivity contribution in [2.75, 3.05) is 10.8 Å². The zero-order valence-electron chi connectivity index (χ0n) is 17.8. The molecule has 1 N–H and O–H groups in total. The lowest BCUT2D eigenvalue weighted by Crippen LogP contribution is -2.41. The van der Waals surface area contributed by atoms with Gasteiger partial charge in [0.05, 0.1) is 16.6 Å². The number of halogens is 1.